The van der Waals surface area contributed by atoms with Gasteiger partial charge >= 0.3 is 0 Å². The standard InChI is InChI=1S/C14H18O3/c1-14(2,3)13(15)7-5-10-4-6-11-12(8-10)17-9-16-11/h4-8,13,15H,9H2,1-3H3/b7-5+/i4D,6D,7D,8D,9D2,13D. The Bertz CT molecular complexity index is 720. The van der Waals surface area contributed by atoms with Crippen LogP contribution in [0.4, 0.5) is 0 Å². The van der Waals surface area contributed by atoms with Crippen molar-refractivity contribution < 1.29 is 24.2 Å². The molecule has 92 valence electrons. The van der Waals surface area contributed by atoms with E-state index in [0.717, 1.165) is 6.08 Å². The van der Waals surface area contributed by atoms with Crippen LogP contribution >= 0.6 is 0 Å². The first-order valence-electron chi connectivity index (χ1n) is 8.62. The van der Waals surface area contributed by atoms with Crippen LogP contribution in [0.2, 0.25) is 0 Å². The van der Waals surface area contributed by atoms with E-state index in [1.165, 1.54) is 0 Å². The van der Waals surface area contributed by atoms with Gasteiger partial charge in [-0.05, 0) is 23.1 Å². The van der Waals surface area contributed by atoms with E-state index in [9.17, 15) is 5.11 Å². The molecule has 0 amide bonds. The van der Waals surface area contributed by atoms with Crippen LogP contribution in [0, 0.1) is 5.41 Å². The van der Waals surface area contributed by atoms with Crippen LogP contribution in [0.1, 0.15) is 35.9 Å². The van der Waals surface area contributed by atoms with Gasteiger partial charge in [-0.25, -0.2) is 0 Å². The average Bonchev–Trinajstić information content (AvgIpc) is 2.75. The fraction of sp³-hybridized carbons (Fsp3) is 0.429. The van der Waals surface area contributed by atoms with Gasteiger partial charge in [0.2, 0.25) is 6.75 Å². The minimum atomic E-state index is -2.55. The Morgan fingerprint density at radius 2 is 2.24 bits per heavy atom. The van der Waals surface area contributed by atoms with Crippen molar-refractivity contribution in [2.24, 2.45) is 5.41 Å². The number of hydrogen-bond donors (Lipinski definition) is 1. The lowest BCUT2D eigenvalue weighted by molar-refractivity contribution is 0.106. The summed E-state index contributed by atoms with van der Waals surface area (Å²) in [6.07, 6.45) is -1.32. The zero-order chi connectivity index (χ0) is 18.7. The largest absolute Gasteiger partial charge is 0.454 e. The number of ether oxygens (including phenoxy) is 2. The molecule has 3 heteroatoms. The lowest BCUT2D eigenvalue weighted by Crippen LogP contribution is -2.23. The van der Waals surface area contributed by atoms with Crippen molar-refractivity contribution >= 4 is 6.08 Å². The quantitative estimate of drug-likeness (QED) is 0.865. The highest BCUT2D eigenvalue weighted by molar-refractivity contribution is 5.56. The van der Waals surface area contributed by atoms with Crippen molar-refractivity contribution in [1.82, 2.24) is 0 Å². The zero-order valence-corrected chi connectivity index (χ0v) is 9.84. The maximum atomic E-state index is 10.2. The van der Waals surface area contributed by atoms with E-state index in [2.05, 4.69) is 0 Å². The summed E-state index contributed by atoms with van der Waals surface area (Å²) >= 11 is 0. The van der Waals surface area contributed by atoms with Crippen LogP contribution in [-0.2, 0) is 0 Å². The van der Waals surface area contributed by atoms with E-state index in [1.807, 2.05) is 0 Å². The van der Waals surface area contributed by atoms with Gasteiger partial charge in [0.1, 0.15) is 2.74 Å². The van der Waals surface area contributed by atoms with Crippen LogP contribution in [0.5, 0.6) is 11.5 Å². The molecule has 0 bridgehead atoms. The Kier molecular flexibility index (Phi) is 1.54. The molecule has 1 aliphatic rings. The Balaban J connectivity index is 2.63. The number of rotatable bonds is 2. The highest BCUT2D eigenvalue weighted by Crippen LogP contribution is 2.33. The van der Waals surface area contributed by atoms with Crippen molar-refractivity contribution in [2.45, 2.75) is 26.9 Å². The summed E-state index contributed by atoms with van der Waals surface area (Å²) in [7, 11) is 0. The van der Waals surface area contributed by atoms with E-state index >= 15 is 0 Å². The smallest absolute Gasteiger partial charge is 0.231 e. The van der Waals surface area contributed by atoms with Crippen LogP contribution in [0.3, 0.4) is 0 Å². The Hall–Kier alpha value is -1.48. The molecule has 2 rings (SSSR count). The van der Waals surface area contributed by atoms with Crippen molar-refractivity contribution in [3.8, 4) is 11.5 Å². The summed E-state index contributed by atoms with van der Waals surface area (Å²) in [5.41, 5.74) is -1.22. The summed E-state index contributed by atoms with van der Waals surface area (Å²) in [4.78, 5) is 0. The molecule has 0 saturated carbocycles. The van der Waals surface area contributed by atoms with E-state index in [0.29, 0.717) is 0 Å². The third-order valence-corrected chi connectivity index (χ3v) is 2.12. The van der Waals surface area contributed by atoms with Crippen molar-refractivity contribution in [1.29, 1.82) is 0 Å². The molecule has 1 heterocycles. The van der Waals surface area contributed by atoms with E-state index in [-0.39, 0.29) is 17.1 Å². The zero-order valence-electron chi connectivity index (χ0n) is 16.8. The van der Waals surface area contributed by atoms with Gasteiger partial charge in [0.05, 0.1) is 12.9 Å². The number of hydrogen-bond acceptors (Lipinski definition) is 3. The predicted molar refractivity (Wildman–Crippen MR) is 67.1 cm³/mol. The van der Waals surface area contributed by atoms with Gasteiger partial charge in [0.15, 0.2) is 11.5 Å². The molecule has 0 spiro atoms. The summed E-state index contributed by atoms with van der Waals surface area (Å²) in [5, 5.41) is 10.2. The van der Waals surface area contributed by atoms with Crippen molar-refractivity contribution in [3.05, 3.63) is 29.7 Å². The monoisotopic (exact) mass is 241 g/mol. The molecule has 17 heavy (non-hydrogen) atoms. The molecule has 0 saturated heterocycles. The lowest BCUT2D eigenvalue weighted by atomic mass is 9.89. The van der Waals surface area contributed by atoms with E-state index < -0.39 is 42.4 Å². The molecule has 0 aliphatic carbocycles. The van der Waals surface area contributed by atoms with Crippen molar-refractivity contribution in [3.63, 3.8) is 0 Å². The van der Waals surface area contributed by atoms with Gasteiger partial charge in [-0.2, -0.15) is 0 Å². The second-order valence-corrected chi connectivity index (χ2v) is 4.62. The summed E-state index contributed by atoms with van der Waals surface area (Å²) in [5.74, 6) is -0.694. The van der Waals surface area contributed by atoms with Crippen LogP contribution in [0.15, 0.2) is 24.2 Å². The van der Waals surface area contributed by atoms with Crippen LogP contribution in [0.25, 0.3) is 6.08 Å². The first kappa shape index (κ1) is 5.91. The summed E-state index contributed by atoms with van der Waals surface area (Å²) in [6.45, 7) is 2.15. The SMILES string of the molecule is [2H]/C(=C\c1c([2H])c([2H])c2c(c1[2H])OC([2H])([2H])O2)C([2H])(O)C(C)(C)C. The molecular formula is C14H18O3. The highest BCUT2D eigenvalue weighted by atomic mass is 16.7. The fourth-order valence-corrected chi connectivity index (χ4v) is 1.07. The van der Waals surface area contributed by atoms with Gasteiger partial charge < -0.3 is 14.6 Å². The predicted octanol–water partition coefficient (Wildman–Crippen LogP) is 2.84. The number of fused-ring (bicyclic) bond motifs is 1. The van der Waals surface area contributed by atoms with Gasteiger partial charge in [-0.3, -0.25) is 0 Å². The second kappa shape index (κ2) is 4.41. The van der Waals surface area contributed by atoms with Gasteiger partial charge in [0.25, 0.3) is 0 Å². The van der Waals surface area contributed by atoms with Gasteiger partial charge in [-0.1, -0.05) is 38.9 Å². The molecule has 1 N–H and O–H groups in total. The molecule has 1 aliphatic heterocycles. The van der Waals surface area contributed by atoms with E-state index in [1.54, 1.807) is 20.8 Å². The molecule has 1 unspecified atom stereocenters. The third kappa shape index (κ3) is 2.80. The molecule has 3 nitrogen and oxygen atoms in total. The fourth-order valence-electron chi connectivity index (χ4n) is 1.07. The highest BCUT2D eigenvalue weighted by Gasteiger charge is 2.19. The van der Waals surface area contributed by atoms with Crippen molar-refractivity contribution in [2.75, 3.05) is 6.75 Å². The number of benzene rings is 1. The Morgan fingerprint density at radius 1 is 1.53 bits per heavy atom. The molecule has 0 fully saturated rings. The van der Waals surface area contributed by atoms with E-state index in [4.69, 9.17) is 19.1 Å². The normalized spacial score (nSPS) is 27.8. The average molecular weight is 241 g/mol. The molecule has 0 aromatic heterocycles. The summed E-state index contributed by atoms with van der Waals surface area (Å²) in [6, 6.07) is -1.97. The molecule has 1 atom stereocenters. The molecule has 0 radical (unpaired) electrons. The molecular weight excluding hydrogens is 216 g/mol. The van der Waals surface area contributed by atoms with Crippen LogP contribution < -0.4 is 9.47 Å². The maximum absolute atomic E-state index is 10.2. The Morgan fingerprint density at radius 3 is 2.94 bits per heavy atom. The minimum Gasteiger partial charge on any atom is -0.454 e. The van der Waals surface area contributed by atoms with Crippen LogP contribution in [-0.4, -0.2) is 17.9 Å². The first-order chi connectivity index (χ1) is 10.7. The second-order valence-electron chi connectivity index (χ2n) is 4.62. The minimum absolute atomic E-state index is 0.222. The molecule has 1 aromatic carbocycles. The third-order valence-electron chi connectivity index (χ3n) is 2.12. The van der Waals surface area contributed by atoms with Gasteiger partial charge in [0, 0.05) is 0 Å². The topological polar surface area (TPSA) is 38.7 Å². The summed E-state index contributed by atoms with van der Waals surface area (Å²) < 4.78 is 64.2. The number of aliphatic hydroxyl groups is 1. The lowest BCUT2D eigenvalue weighted by Gasteiger charge is -2.22. The molecule has 1 aromatic rings. The first-order valence-corrected chi connectivity index (χ1v) is 5.12. The maximum Gasteiger partial charge on any atom is 0.231 e. The van der Waals surface area contributed by atoms with Gasteiger partial charge in [-0.15, -0.1) is 0 Å². The Labute approximate surface area is 112 Å².